The lowest BCUT2D eigenvalue weighted by molar-refractivity contribution is 0.0996. The first-order valence-corrected chi connectivity index (χ1v) is 4.67. The van der Waals surface area contributed by atoms with Crippen LogP contribution >= 0.6 is 0 Å². The van der Waals surface area contributed by atoms with E-state index in [1.165, 1.54) is 23.2 Å². The summed E-state index contributed by atoms with van der Waals surface area (Å²) in [6.45, 7) is 0. The van der Waals surface area contributed by atoms with E-state index in [0.29, 0.717) is 0 Å². The summed E-state index contributed by atoms with van der Waals surface area (Å²) in [7, 11) is 1.58. The van der Waals surface area contributed by atoms with Crippen molar-refractivity contribution in [3.8, 4) is 5.82 Å². The highest BCUT2D eigenvalue weighted by atomic mass is 16.1. The molecule has 0 saturated carbocycles. The minimum Gasteiger partial charge on any atom is -0.396 e. The number of primary amides is 1. The van der Waals surface area contributed by atoms with Crippen LogP contribution in [0.3, 0.4) is 0 Å². The van der Waals surface area contributed by atoms with Gasteiger partial charge >= 0.3 is 0 Å². The van der Waals surface area contributed by atoms with E-state index in [2.05, 4.69) is 10.1 Å². The number of hydrogen-bond acceptors (Lipinski definition) is 5. The Morgan fingerprint density at radius 3 is 2.76 bits per heavy atom. The third-order valence-electron chi connectivity index (χ3n) is 2.19. The van der Waals surface area contributed by atoms with Gasteiger partial charge in [0.2, 0.25) is 5.82 Å². The van der Waals surface area contributed by atoms with Crippen molar-refractivity contribution in [1.29, 1.82) is 0 Å². The predicted octanol–water partition coefficient (Wildman–Crippen LogP) is -1.35. The number of aromatic nitrogens is 4. The molecule has 88 valence electrons. The summed E-state index contributed by atoms with van der Waals surface area (Å²) in [5.41, 5.74) is 10.3. The van der Waals surface area contributed by atoms with Crippen LogP contribution in [0.15, 0.2) is 23.4 Å². The largest absolute Gasteiger partial charge is 0.396 e. The molecule has 0 aliphatic carbocycles. The molecule has 0 aromatic carbocycles. The molecule has 0 spiro atoms. The molecule has 1 amide bonds. The maximum absolute atomic E-state index is 11.7. The average molecular weight is 234 g/mol. The molecule has 17 heavy (non-hydrogen) atoms. The van der Waals surface area contributed by atoms with E-state index in [1.807, 2.05) is 0 Å². The number of carbonyl (C=O) groups excluding carboxylic acids is 1. The number of amides is 1. The molecule has 4 N–H and O–H groups in total. The molecule has 0 aliphatic rings. The van der Waals surface area contributed by atoms with Gasteiger partial charge in [0.25, 0.3) is 11.5 Å². The first kappa shape index (κ1) is 10.9. The Morgan fingerprint density at radius 1 is 1.47 bits per heavy atom. The van der Waals surface area contributed by atoms with Crippen LogP contribution in [0.25, 0.3) is 5.82 Å². The van der Waals surface area contributed by atoms with Gasteiger partial charge in [0, 0.05) is 19.4 Å². The molecular weight excluding hydrogens is 224 g/mol. The Morgan fingerprint density at radius 2 is 2.18 bits per heavy atom. The van der Waals surface area contributed by atoms with Crippen LogP contribution in [-0.2, 0) is 7.05 Å². The van der Waals surface area contributed by atoms with E-state index in [4.69, 9.17) is 11.5 Å². The summed E-state index contributed by atoms with van der Waals surface area (Å²) in [5, 5.41) is 3.82. The van der Waals surface area contributed by atoms with Gasteiger partial charge in [0.05, 0.1) is 11.9 Å². The molecule has 0 saturated heterocycles. The average Bonchev–Trinajstić information content (AvgIpc) is 2.64. The quantitative estimate of drug-likeness (QED) is 0.665. The number of rotatable bonds is 2. The standard InChI is InChI=1S/C9H10N6O2/c1-14-3-2-12-8(9(14)17)15-4-5(10)6(13-15)7(11)16/h2-4H,10H2,1H3,(H2,11,16). The van der Waals surface area contributed by atoms with Gasteiger partial charge in [-0.05, 0) is 0 Å². The summed E-state index contributed by atoms with van der Waals surface area (Å²) in [4.78, 5) is 26.6. The number of nitrogens with zero attached hydrogens (tertiary/aromatic N) is 4. The molecule has 2 heterocycles. The molecular formula is C9H10N6O2. The Hall–Kier alpha value is -2.64. The zero-order valence-electron chi connectivity index (χ0n) is 8.99. The Bertz CT molecular complexity index is 641. The fraction of sp³-hybridized carbons (Fsp3) is 0.111. The monoisotopic (exact) mass is 234 g/mol. The summed E-state index contributed by atoms with van der Waals surface area (Å²) in [6.07, 6.45) is 4.27. The second-order valence-corrected chi connectivity index (χ2v) is 3.41. The number of carbonyl (C=O) groups is 1. The predicted molar refractivity (Wildman–Crippen MR) is 59.5 cm³/mol. The van der Waals surface area contributed by atoms with E-state index in [1.54, 1.807) is 7.05 Å². The van der Waals surface area contributed by atoms with Crippen molar-refractivity contribution in [3.05, 3.63) is 34.6 Å². The van der Waals surface area contributed by atoms with Gasteiger partial charge in [-0.3, -0.25) is 9.59 Å². The Balaban J connectivity index is 2.62. The van der Waals surface area contributed by atoms with Crippen LogP contribution in [-0.4, -0.2) is 25.2 Å². The molecule has 0 unspecified atom stereocenters. The van der Waals surface area contributed by atoms with E-state index < -0.39 is 5.91 Å². The normalized spacial score (nSPS) is 10.4. The SMILES string of the molecule is Cn1ccnc(-n2cc(N)c(C(N)=O)n2)c1=O. The number of hydrogen-bond donors (Lipinski definition) is 2. The lowest BCUT2D eigenvalue weighted by Gasteiger charge is -2.00. The third-order valence-corrected chi connectivity index (χ3v) is 2.19. The minimum atomic E-state index is -0.756. The van der Waals surface area contributed by atoms with Crippen LogP contribution in [0.1, 0.15) is 10.5 Å². The summed E-state index contributed by atoms with van der Waals surface area (Å²) in [6, 6.07) is 0. The fourth-order valence-corrected chi connectivity index (χ4v) is 1.33. The summed E-state index contributed by atoms with van der Waals surface area (Å²) >= 11 is 0. The minimum absolute atomic E-state index is 0.0502. The van der Waals surface area contributed by atoms with Gasteiger partial charge in [0.15, 0.2) is 5.69 Å². The number of nitrogen functional groups attached to an aromatic ring is 1. The second-order valence-electron chi connectivity index (χ2n) is 3.41. The van der Waals surface area contributed by atoms with Crippen molar-refractivity contribution in [2.45, 2.75) is 0 Å². The van der Waals surface area contributed by atoms with Gasteiger partial charge < -0.3 is 16.0 Å². The van der Waals surface area contributed by atoms with Crippen molar-refractivity contribution in [1.82, 2.24) is 19.3 Å². The van der Waals surface area contributed by atoms with Crippen molar-refractivity contribution in [3.63, 3.8) is 0 Å². The van der Waals surface area contributed by atoms with Gasteiger partial charge in [-0.1, -0.05) is 0 Å². The molecule has 2 aromatic rings. The highest BCUT2D eigenvalue weighted by molar-refractivity contribution is 5.95. The molecule has 0 radical (unpaired) electrons. The van der Waals surface area contributed by atoms with Crippen LogP contribution in [0.4, 0.5) is 5.69 Å². The van der Waals surface area contributed by atoms with Crippen LogP contribution < -0.4 is 17.0 Å². The molecule has 8 nitrogen and oxygen atoms in total. The van der Waals surface area contributed by atoms with Crippen molar-refractivity contribution in [2.75, 3.05) is 5.73 Å². The fourth-order valence-electron chi connectivity index (χ4n) is 1.33. The molecule has 0 atom stereocenters. The molecule has 2 rings (SSSR count). The second kappa shape index (κ2) is 3.74. The molecule has 8 heteroatoms. The lowest BCUT2D eigenvalue weighted by Crippen LogP contribution is -2.23. The van der Waals surface area contributed by atoms with E-state index in [0.717, 1.165) is 4.68 Å². The van der Waals surface area contributed by atoms with Crippen LogP contribution in [0, 0.1) is 0 Å². The maximum atomic E-state index is 11.7. The number of anilines is 1. The highest BCUT2D eigenvalue weighted by Gasteiger charge is 2.14. The molecule has 2 aromatic heterocycles. The van der Waals surface area contributed by atoms with Crippen LogP contribution in [0.2, 0.25) is 0 Å². The Kier molecular flexibility index (Phi) is 2.39. The summed E-state index contributed by atoms with van der Waals surface area (Å²) < 4.78 is 2.47. The molecule has 0 bridgehead atoms. The zero-order valence-corrected chi connectivity index (χ0v) is 8.99. The van der Waals surface area contributed by atoms with Gasteiger partial charge in [0.1, 0.15) is 0 Å². The maximum Gasteiger partial charge on any atom is 0.295 e. The van der Waals surface area contributed by atoms with Crippen molar-refractivity contribution >= 4 is 11.6 Å². The van der Waals surface area contributed by atoms with E-state index >= 15 is 0 Å². The summed E-state index contributed by atoms with van der Waals surface area (Å²) in [5.74, 6) is -0.705. The van der Waals surface area contributed by atoms with Gasteiger partial charge in [-0.2, -0.15) is 5.10 Å². The third kappa shape index (κ3) is 1.75. The smallest absolute Gasteiger partial charge is 0.295 e. The van der Waals surface area contributed by atoms with E-state index in [9.17, 15) is 9.59 Å². The van der Waals surface area contributed by atoms with Crippen molar-refractivity contribution < 1.29 is 4.79 Å². The first-order chi connectivity index (χ1) is 8.00. The first-order valence-electron chi connectivity index (χ1n) is 4.67. The molecule has 0 aliphatic heterocycles. The molecule has 0 fully saturated rings. The topological polar surface area (TPSA) is 122 Å². The van der Waals surface area contributed by atoms with Crippen molar-refractivity contribution in [2.24, 2.45) is 12.8 Å². The highest BCUT2D eigenvalue weighted by Crippen LogP contribution is 2.09. The van der Waals surface area contributed by atoms with Crippen LogP contribution in [0.5, 0.6) is 0 Å². The zero-order chi connectivity index (χ0) is 12.6. The van der Waals surface area contributed by atoms with Gasteiger partial charge in [-0.15, -0.1) is 0 Å². The number of aryl methyl sites for hydroxylation is 1. The van der Waals surface area contributed by atoms with Gasteiger partial charge in [-0.25, -0.2) is 9.67 Å². The van der Waals surface area contributed by atoms with E-state index in [-0.39, 0.29) is 22.8 Å². The Labute approximate surface area is 95.5 Å². The lowest BCUT2D eigenvalue weighted by atomic mass is 10.4. The number of nitrogens with two attached hydrogens (primary N) is 2.